The number of carbonyl (C=O) groups is 3. The summed E-state index contributed by atoms with van der Waals surface area (Å²) in [5, 5.41) is 15.6. The van der Waals surface area contributed by atoms with E-state index >= 15 is 0 Å². The maximum atomic E-state index is 13.7. The molecule has 0 bridgehead atoms. The average Bonchev–Trinajstić information content (AvgIpc) is 3.16. The highest BCUT2D eigenvalue weighted by Crippen LogP contribution is 2.27. The average molecular weight is 501 g/mol. The number of amides is 1. The number of aliphatic carboxylic acids is 2. The first-order chi connectivity index (χ1) is 16.8. The lowest BCUT2D eigenvalue weighted by atomic mass is 9.96. The molecule has 9 heteroatoms. The monoisotopic (exact) mass is 500 g/mol. The number of hydrogen-bond acceptors (Lipinski definition) is 5. The van der Waals surface area contributed by atoms with E-state index in [9.17, 15) is 18.8 Å². The molecule has 2 aromatic rings. The van der Waals surface area contributed by atoms with Crippen LogP contribution in [0, 0.1) is 11.7 Å². The van der Waals surface area contributed by atoms with Crippen LogP contribution < -0.4 is 0 Å². The molecule has 0 radical (unpaired) electrons. The van der Waals surface area contributed by atoms with E-state index in [1.807, 2.05) is 35.2 Å². The molecule has 2 aliphatic heterocycles. The standard InChI is InChI=1S/C22H25FN2OS.C4H4O4/c23-20-7-3-4-8-21(20)27-14-13-24-11-9-17(10-12-24)15-25-16-18-5-1-2-6-19(18)22(25)26;5-3(6)1-2-4(7)8/h1-8,17H,9-16H2;1-2H,(H,5,6)(H,7,8)/b;2-1+. The third-order valence-electron chi connectivity index (χ3n) is 5.95. The van der Waals surface area contributed by atoms with Crippen LogP contribution in [0.4, 0.5) is 4.39 Å². The Morgan fingerprint density at radius 3 is 2.26 bits per heavy atom. The van der Waals surface area contributed by atoms with Crippen molar-refractivity contribution in [2.75, 3.05) is 31.9 Å². The maximum absolute atomic E-state index is 13.7. The molecule has 4 rings (SSSR count). The number of rotatable bonds is 8. The molecule has 1 amide bonds. The number of carbonyl (C=O) groups excluding carboxylic acids is 1. The fourth-order valence-corrected chi connectivity index (χ4v) is 5.11. The van der Waals surface area contributed by atoms with Crippen molar-refractivity contribution in [3.05, 3.63) is 77.6 Å². The van der Waals surface area contributed by atoms with Crippen LogP contribution in [0.25, 0.3) is 0 Å². The SMILES string of the molecule is O=C(O)/C=C/C(=O)O.O=C1c2ccccc2CN1CC1CCN(CCSc2ccccc2F)CC1. The van der Waals surface area contributed by atoms with E-state index in [4.69, 9.17) is 10.2 Å². The van der Waals surface area contributed by atoms with Gasteiger partial charge in [-0.15, -0.1) is 11.8 Å². The fraction of sp³-hybridized carbons (Fsp3) is 0.346. The summed E-state index contributed by atoms with van der Waals surface area (Å²) in [6, 6.07) is 14.9. The summed E-state index contributed by atoms with van der Waals surface area (Å²) in [5.41, 5.74) is 2.03. The van der Waals surface area contributed by atoms with Gasteiger partial charge in [0.25, 0.3) is 5.91 Å². The van der Waals surface area contributed by atoms with Crippen LogP contribution >= 0.6 is 11.8 Å². The van der Waals surface area contributed by atoms with E-state index in [-0.39, 0.29) is 11.7 Å². The van der Waals surface area contributed by atoms with E-state index in [1.165, 1.54) is 6.07 Å². The number of carboxylic acid groups (broad SMARTS) is 2. The molecule has 0 aromatic heterocycles. The molecule has 2 aliphatic rings. The summed E-state index contributed by atoms with van der Waals surface area (Å²) in [6.45, 7) is 4.74. The zero-order valence-electron chi connectivity index (χ0n) is 19.3. The number of fused-ring (bicyclic) bond motifs is 1. The van der Waals surface area contributed by atoms with Gasteiger partial charge in [-0.2, -0.15) is 0 Å². The number of piperidine rings is 1. The van der Waals surface area contributed by atoms with Crippen molar-refractivity contribution in [3.8, 4) is 0 Å². The van der Waals surface area contributed by atoms with E-state index in [1.54, 1.807) is 17.8 Å². The van der Waals surface area contributed by atoms with Crippen LogP contribution in [-0.2, 0) is 16.1 Å². The van der Waals surface area contributed by atoms with Gasteiger partial charge >= 0.3 is 11.9 Å². The Bertz CT molecular complexity index is 1050. The normalized spacial score (nSPS) is 16.1. The molecule has 0 spiro atoms. The van der Waals surface area contributed by atoms with Crippen molar-refractivity contribution < 1.29 is 29.0 Å². The molecule has 186 valence electrons. The molecule has 0 unspecified atom stereocenters. The van der Waals surface area contributed by atoms with Crippen LogP contribution in [0.5, 0.6) is 0 Å². The van der Waals surface area contributed by atoms with Crippen LogP contribution in [0.1, 0.15) is 28.8 Å². The lowest BCUT2D eigenvalue weighted by Crippen LogP contribution is -2.39. The van der Waals surface area contributed by atoms with Crippen LogP contribution in [0.2, 0.25) is 0 Å². The van der Waals surface area contributed by atoms with Gasteiger partial charge in [0, 0.05) is 48.0 Å². The third-order valence-corrected chi connectivity index (χ3v) is 6.98. The molecule has 2 heterocycles. The first-order valence-electron chi connectivity index (χ1n) is 11.4. The van der Waals surface area contributed by atoms with Gasteiger partial charge in [0.2, 0.25) is 0 Å². The molecule has 35 heavy (non-hydrogen) atoms. The number of halogens is 1. The van der Waals surface area contributed by atoms with E-state index < -0.39 is 11.9 Å². The first kappa shape index (κ1) is 26.4. The van der Waals surface area contributed by atoms with Crippen molar-refractivity contribution in [1.29, 1.82) is 0 Å². The summed E-state index contributed by atoms with van der Waals surface area (Å²) in [4.78, 5) is 36.8. The highest BCUT2D eigenvalue weighted by Gasteiger charge is 2.30. The Kier molecular flexibility index (Phi) is 9.86. The zero-order chi connectivity index (χ0) is 25.2. The Balaban J connectivity index is 0.000000371. The predicted octanol–water partition coefficient (Wildman–Crippen LogP) is 4.00. The molecule has 0 aliphatic carbocycles. The van der Waals surface area contributed by atoms with Crippen molar-refractivity contribution >= 4 is 29.6 Å². The summed E-state index contributed by atoms with van der Waals surface area (Å²) in [5.74, 6) is -0.962. The molecule has 0 atom stereocenters. The molecule has 2 N–H and O–H groups in total. The quantitative estimate of drug-likeness (QED) is 0.418. The Morgan fingerprint density at radius 2 is 1.63 bits per heavy atom. The van der Waals surface area contributed by atoms with Gasteiger partial charge < -0.3 is 20.0 Å². The number of carboxylic acids is 2. The van der Waals surface area contributed by atoms with Gasteiger partial charge in [0.15, 0.2) is 0 Å². The van der Waals surface area contributed by atoms with Crippen molar-refractivity contribution in [3.63, 3.8) is 0 Å². The van der Waals surface area contributed by atoms with Crippen molar-refractivity contribution in [2.24, 2.45) is 5.92 Å². The summed E-state index contributed by atoms with van der Waals surface area (Å²) >= 11 is 1.59. The van der Waals surface area contributed by atoms with Crippen LogP contribution in [-0.4, -0.2) is 69.8 Å². The number of nitrogens with zero attached hydrogens (tertiary/aromatic N) is 2. The minimum atomic E-state index is -1.26. The molecule has 0 saturated carbocycles. The van der Waals surface area contributed by atoms with Crippen molar-refractivity contribution in [1.82, 2.24) is 9.80 Å². The first-order valence-corrected chi connectivity index (χ1v) is 12.4. The fourth-order valence-electron chi connectivity index (χ4n) is 4.16. The van der Waals surface area contributed by atoms with Crippen molar-refractivity contribution in [2.45, 2.75) is 24.3 Å². The summed E-state index contributed by atoms with van der Waals surface area (Å²) in [6.07, 6.45) is 3.37. The maximum Gasteiger partial charge on any atom is 0.328 e. The minimum absolute atomic E-state index is 0.127. The van der Waals surface area contributed by atoms with Gasteiger partial charge in [0.1, 0.15) is 5.82 Å². The second kappa shape index (κ2) is 13.1. The summed E-state index contributed by atoms with van der Waals surface area (Å²) in [7, 11) is 0. The predicted molar refractivity (Wildman–Crippen MR) is 132 cm³/mol. The number of benzene rings is 2. The third kappa shape index (κ3) is 8.22. The van der Waals surface area contributed by atoms with Crippen LogP contribution in [0.15, 0.2) is 65.6 Å². The molecular formula is C26H29FN2O5S. The highest BCUT2D eigenvalue weighted by molar-refractivity contribution is 7.99. The van der Waals surface area contributed by atoms with E-state index in [0.29, 0.717) is 18.1 Å². The molecule has 2 aromatic carbocycles. The topological polar surface area (TPSA) is 98.1 Å². The van der Waals surface area contributed by atoms with E-state index in [0.717, 1.165) is 67.3 Å². The highest BCUT2D eigenvalue weighted by atomic mass is 32.2. The Morgan fingerprint density at radius 1 is 1.00 bits per heavy atom. The number of likely N-dealkylation sites (tertiary alicyclic amines) is 1. The van der Waals surface area contributed by atoms with Gasteiger partial charge in [-0.1, -0.05) is 30.3 Å². The second-order valence-electron chi connectivity index (χ2n) is 8.42. The lowest BCUT2D eigenvalue weighted by Gasteiger charge is -2.33. The minimum Gasteiger partial charge on any atom is -0.478 e. The smallest absolute Gasteiger partial charge is 0.328 e. The lowest BCUT2D eigenvalue weighted by molar-refractivity contribution is -0.134. The van der Waals surface area contributed by atoms with Gasteiger partial charge in [0.05, 0.1) is 0 Å². The second-order valence-corrected chi connectivity index (χ2v) is 9.55. The number of hydrogen-bond donors (Lipinski definition) is 2. The zero-order valence-corrected chi connectivity index (χ0v) is 20.1. The molecular weight excluding hydrogens is 471 g/mol. The number of thioether (sulfide) groups is 1. The van der Waals surface area contributed by atoms with Crippen LogP contribution in [0.3, 0.4) is 0 Å². The van der Waals surface area contributed by atoms with E-state index in [2.05, 4.69) is 11.0 Å². The molecule has 1 saturated heterocycles. The Hall–Kier alpha value is -3.17. The summed E-state index contributed by atoms with van der Waals surface area (Å²) < 4.78 is 13.7. The van der Waals surface area contributed by atoms with Gasteiger partial charge in [-0.3, -0.25) is 4.79 Å². The largest absolute Gasteiger partial charge is 0.478 e. The molecule has 1 fully saturated rings. The Labute approximate surface area is 208 Å². The molecule has 7 nitrogen and oxygen atoms in total. The van der Waals surface area contributed by atoms with Gasteiger partial charge in [-0.05, 0) is 55.6 Å². The van der Waals surface area contributed by atoms with Gasteiger partial charge in [-0.25, -0.2) is 14.0 Å².